The summed E-state index contributed by atoms with van der Waals surface area (Å²) in [6.07, 6.45) is 3.81. The highest BCUT2D eigenvalue weighted by Crippen LogP contribution is 2.25. The summed E-state index contributed by atoms with van der Waals surface area (Å²) in [7, 11) is 0. The second-order valence-corrected chi connectivity index (χ2v) is 6.18. The number of ether oxygens (including phenoxy) is 1. The first-order valence-electron chi connectivity index (χ1n) is 8.40. The summed E-state index contributed by atoms with van der Waals surface area (Å²) in [4.78, 5) is 11.4. The number of rotatable bonds is 6. The fourth-order valence-corrected chi connectivity index (χ4v) is 3.14. The number of fused-ring (bicyclic) bond motifs is 1. The van der Waals surface area contributed by atoms with Crippen LogP contribution in [-0.2, 0) is 13.0 Å². The van der Waals surface area contributed by atoms with E-state index in [0.29, 0.717) is 13.2 Å². The number of aldehydes is 1. The Morgan fingerprint density at radius 1 is 1.17 bits per heavy atom. The minimum absolute atomic E-state index is 0.574. The molecule has 0 aliphatic rings. The van der Waals surface area contributed by atoms with Gasteiger partial charge in [-0.2, -0.15) is 0 Å². The van der Waals surface area contributed by atoms with Gasteiger partial charge in [0.2, 0.25) is 0 Å². The highest BCUT2D eigenvalue weighted by Gasteiger charge is 2.11. The first-order valence-corrected chi connectivity index (χ1v) is 8.40. The van der Waals surface area contributed by atoms with Gasteiger partial charge in [0, 0.05) is 17.1 Å². The van der Waals surface area contributed by atoms with Crippen molar-refractivity contribution in [2.75, 3.05) is 6.61 Å². The predicted molar refractivity (Wildman–Crippen MR) is 98.1 cm³/mol. The van der Waals surface area contributed by atoms with Crippen molar-refractivity contribution in [3.8, 4) is 5.75 Å². The molecule has 24 heavy (non-hydrogen) atoms. The Balaban J connectivity index is 1.85. The van der Waals surface area contributed by atoms with Gasteiger partial charge >= 0.3 is 0 Å². The van der Waals surface area contributed by atoms with E-state index in [0.717, 1.165) is 40.5 Å². The number of hydrogen-bond donors (Lipinski definition) is 0. The second kappa shape index (κ2) is 6.91. The van der Waals surface area contributed by atoms with Crippen molar-refractivity contribution < 1.29 is 9.53 Å². The third kappa shape index (κ3) is 3.07. The number of benzene rings is 2. The van der Waals surface area contributed by atoms with Crippen molar-refractivity contribution in [1.82, 2.24) is 4.57 Å². The Morgan fingerprint density at radius 2 is 2.00 bits per heavy atom. The topological polar surface area (TPSA) is 31.2 Å². The van der Waals surface area contributed by atoms with Gasteiger partial charge in [-0.15, -0.1) is 0 Å². The van der Waals surface area contributed by atoms with Crippen LogP contribution in [0.5, 0.6) is 5.75 Å². The third-order valence-corrected chi connectivity index (χ3v) is 4.45. The lowest BCUT2D eigenvalue weighted by Crippen LogP contribution is -2.08. The quantitative estimate of drug-likeness (QED) is 0.616. The molecule has 1 aromatic heterocycles. The number of aromatic nitrogens is 1. The van der Waals surface area contributed by atoms with Crippen LogP contribution in [0.4, 0.5) is 0 Å². The van der Waals surface area contributed by atoms with Crippen LogP contribution in [0.25, 0.3) is 10.9 Å². The molecule has 1 heterocycles. The number of nitrogens with zero attached hydrogens (tertiary/aromatic N) is 1. The Morgan fingerprint density at radius 3 is 2.75 bits per heavy atom. The van der Waals surface area contributed by atoms with Crippen molar-refractivity contribution >= 4 is 17.2 Å². The van der Waals surface area contributed by atoms with Crippen LogP contribution < -0.4 is 4.74 Å². The maximum Gasteiger partial charge on any atom is 0.152 e. The molecule has 0 aliphatic heterocycles. The van der Waals surface area contributed by atoms with E-state index in [1.807, 2.05) is 18.3 Å². The molecule has 0 spiro atoms. The first kappa shape index (κ1) is 16.3. The number of carbonyl (C=O) groups excluding carboxylic acids is 1. The minimum Gasteiger partial charge on any atom is -0.491 e. The zero-order valence-corrected chi connectivity index (χ0v) is 14.5. The largest absolute Gasteiger partial charge is 0.491 e. The van der Waals surface area contributed by atoms with Crippen LogP contribution in [0.2, 0.25) is 0 Å². The Bertz CT molecular complexity index is 877. The molecular formula is C21H23NO2. The third-order valence-electron chi connectivity index (χ3n) is 4.45. The van der Waals surface area contributed by atoms with Crippen LogP contribution in [0.3, 0.4) is 0 Å². The van der Waals surface area contributed by atoms with Gasteiger partial charge in [0.25, 0.3) is 0 Å². The molecule has 124 valence electrons. The molecule has 0 aliphatic carbocycles. The SMILES string of the molecule is CCc1cccc2c(C=O)cn(CCOc3cc(C)ccc3C)c12. The van der Waals surface area contributed by atoms with Gasteiger partial charge in [-0.3, -0.25) is 4.79 Å². The average Bonchev–Trinajstić information content (AvgIpc) is 2.96. The molecule has 0 saturated carbocycles. The summed E-state index contributed by atoms with van der Waals surface area (Å²) < 4.78 is 8.12. The molecule has 3 aromatic rings. The van der Waals surface area contributed by atoms with E-state index in [4.69, 9.17) is 4.74 Å². The summed E-state index contributed by atoms with van der Waals surface area (Å²) in [5, 5.41) is 1.02. The molecule has 0 saturated heterocycles. The fourth-order valence-electron chi connectivity index (χ4n) is 3.14. The molecular weight excluding hydrogens is 298 g/mol. The molecule has 3 nitrogen and oxygen atoms in total. The second-order valence-electron chi connectivity index (χ2n) is 6.18. The Labute approximate surface area is 142 Å². The predicted octanol–water partition coefficient (Wildman–Crippen LogP) is 4.71. The number of carbonyl (C=O) groups is 1. The molecule has 2 aromatic carbocycles. The van der Waals surface area contributed by atoms with E-state index in [2.05, 4.69) is 49.6 Å². The van der Waals surface area contributed by atoms with Crippen LogP contribution in [0.1, 0.15) is 34.0 Å². The lowest BCUT2D eigenvalue weighted by Gasteiger charge is -2.12. The molecule has 0 N–H and O–H groups in total. The average molecular weight is 321 g/mol. The summed E-state index contributed by atoms with van der Waals surface area (Å²) in [6.45, 7) is 7.55. The Hall–Kier alpha value is -2.55. The number of para-hydroxylation sites is 1. The molecule has 0 unspecified atom stereocenters. The van der Waals surface area contributed by atoms with E-state index < -0.39 is 0 Å². The van der Waals surface area contributed by atoms with Crippen molar-refractivity contribution in [3.63, 3.8) is 0 Å². The van der Waals surface area contributed by atoms with E-state index in [9.17, 15) is 4.79 Å². The van der Waals surface area contributed by atoms with Crippen molar-refractivity contribution in [2.45, 2.75) is 33.7 Å². The van der Waals surface area contributed by atoms with Gasteiger partial charge in [0.15, 0.2) is 6.29 Å². The van der Waals surface area contributed by atoms with Gasteiger partial charge in [-0.1, -0.05) is 37.3 Å². The van der Waals surface area contributed by atoms with Crippen LogP contribution >= 0.6 is 0 Å². The van der Waals surface area contributed by atoms with Gasteiger partial charge in [0.05, 0.1) is 12.1 Å². The maximum atomic E-state index is 11.4. The number of aryl methyl sites for hydroxylation is 3. The van der Waals surface area contributed by atoms with Gasteiger partial charge < -0.3 is 9.30 Å². The molecule has 0 atom stereocenters. The van der Waals surface area contributed by atoms with Gasteiger partial charge in [-0.25, -0.2) is 0 Å². The lowest BCUT2D eigenvalue weighted by molar-refractivity contribution is 0.112. The zero-order valence-electron chi connectivity index (χ0n) is 14.5. The van der Waals surface area contributed by atoms with Crippen molar-refractivity contribution in [3.05, 3.63) is 64.8 Å². The molecule has 0 radical (unpaired) electrons. The summed E-state index contributed by atoms with van der Waals surface area (Å²) in [5.74, 6) is 0.929. The molecule has 3 heteroatoms. The van der Waals surface area contributed by atoms with E-state index in [1.165, 1.54) is 11.1 Å². The van der Waals surface area contributed by atoms with E-state index in [-0.39, 0.29) is 0 Å². The highest BCUT2D eigenvalue weighted by molar-refractivity contribution is 5.98. The van der Waals surface area contributed by atoms with Crippen LogP contribution in [-0.4, -0.2) is 17.5 Å². The smallest absolute Gasteiger partial charge is 0.152 e. The van der Waals surface area contributed by atoms with Gasteiger partial charge in [0.1, 0.15) is 12.4 Å². The molecule has 0 bridgehead atoms. The normalized spacial score (nSPS) is 11.0. The van der Waals surface area contributed by atoms with E-state index in [1.54, 1.807) is 0 Å². The standard InChI is InChI=1S/C21H23NO2/c1-4-17-6-5-7-19-18(14-23)13-22(21(17)19)10-11-24-20-12-15(2)8-9-16(20)3/h5-9,12-14H,4,10-11H2,1-3H3. The maximum absolute atomic E-state index is 11.4. The van der Waals surface area contributed by atoms with Crippen molar-refractivity contribution in [2.24, 2.45) is 0 Å². The summed E-state index contributed by atoms with van der Waals surface area (Å²) >= 11 is 0. The zero-order chi connectivity index (χ0) is 17.1. The minimum atomic E-state index is 0.574. The summed E-state index contributed by atoms with van der Waals surface area (Å²) in [6, 6.07) is 12.4. The fraction of sp³-hybridized carbons (Fsp3) is 0.286. The molecule has 0 fully saturated rings. The molecule has 3 rings (SSSR count). The first-order chi connectivity index (χ1) is 11.6. The Kier molecular flexibility index (Phi) is 4.70. The van der Waals surface area contributed by atoms with Crippen molar-refractivity contribution in [1.29, 1.82) is 0 Å². The monoisotopic (exact) mass is 321 g/mol. The van der Waals surface area contributed by atoms with Crippen LogP contribution in [0.15, 0.2) is 42.6 Å². The van der Waals surface area contributed by atoms with Crippen LogP contribution in [0, 0.1) is 13.8 Å². The van der Waals surface area contributed by atoms with Gasteiger partial charge in [-0.05, 0) is 43.0 Å². The summed E-state index contributed by atoms with van der Waals surface area (Å²) in [5.41, 5.74) is 5.48. The molecule has 0 amide bonds. The highest BCUT2D eigenvalue weighted by atomic mass is 16.5. The van der Waals surface area contributed by atoms with E-state index >= 15 is 0 Å². The number of hydrogen-bond acceptors (Lipinski definition) is 2. The lowest BCUT2D eigenvalue weighted by atomic mass is 10.1.